The first-order valence-corrected chi connectivity index (χ1v) is 15.7. The highest BCUT2D eigenvalue weighted by Crippen LogP contribution is 2.53. The van der Waals surface area contributed by atoms with Crippen LogP contribution in [0.2, 0.25) is 0 Å². The zero-order chi connectivity index (χ0) is 27.9. The number of nitrogen functional groups attached to an aromatic ring is 1. The second-order valence-corrected chi connectivity index (χ2v) is 14.0. The smallest absolute Gasteiger partial charge is 0.404 e. The molecule has 2 N–H and O–H groups in total. The molecule has 1 aromatic heterocycles. The number of phosphoric acid groups is 1. The third kappa shape index (κ3) is 8.58. The molecule has 0 aliphatic carbocycles. The Kier molecular flexibility index (Phi) is 10.9. The van der Waals surface area contributed by atoms with Gasteiger partial charge < -0.3 is 10.3 Å². The van der Waals surface area contributed by atoms with Crippen LogP contribution in [-0.2, 0) is 18.4 Å². The molecular weight excluding hydrogens is 552 g/mol. The third-order valence-corrected chi connectivity index (χ3v) is 10.2. The van der Waals surface area contributed by atoms with Crippen molar-refractivity contribution in [3.63, 3.8) is 0 Å². The zero-order valence-corrected chi connectivity index (χ0v) is 24.5. The molecule has 1 fully saturated rings. The predicted octanol–water partition coefficient (Wildman–Crippen LogP) is 5.72. The number of benzene rings is 1. The number of nitrogens with zero attached hydrogens (tertiary/aromatic N) is 2. The number of rotatable bonds is 12. The van der Waals surface area contributed by atoms with Gasteiger partial charge in [0.2, 0.25) is 0 Å². The number of halogens is 1. The molecule has 0 amide bonds. The Morgan fingerprint density at radius 1 is 1.21 bits per heavy atom. The van der Waals surface area contributed by atoms with Gasteiger partial charge in [-0.3, -0.25) is 18.4 Å². The Morgan fingerprint density at radius 3 is 2.58 bits per heavy atom. The SMILES string of the molecule is C[C@H]1[C@H](F)[C@H](n2ccc(N)nc2=O)S[C@@H]1COP(=O)(OCCCCSC(=O)C(C)(C)C)Oc1ccccc1. The average molecular weight is 588 g/mol. The van der Waals surface area contributed by atoms with Gasteiger partial charge in [-0.15, -0.1) is 11.8 Å². The third-order valence-electron chi connectivity index (χ3n) is 5.79. The highest BCUT2D eigenvalue weighted by Gasteiger charge is 2.45. The van der Waals surface area contributed by atoms with Gasteiger partial charge in [0.25, 0.3) is 0 Å². The van der Waals surface area contributed by atoms with Crippen molar-refractivity contribution in [1.29, 1.82) is 0 Å². The van der Waals surface area contributed by atoms with Gasteiger partial charge in [0, 0.05) is 28.5 Å². The summed E-state index contributed by atoms with van der Waals surface area (Å²) in [6, 6.07) is 9.96. The van der Waals surface area contributed by atoms with Crippen molar-refractivity contribution in [2.24, 2.45) is 11.3 Å². The first-order valence-electron chi connectivity index (χ1n) is 12.3. The number of para-hydroxylation sites is 1. The molecule has 1 aromatic carbocycles. The van der Waals surface area contributed by atoms with Crippen molar-refractivity contribution in [1.82, 2.24) is 9.55 Å². The predicted molar refractivity (Wildman–Crippen MR) is 150 cm³/mol. The van der Waals surface area contributed by atoms with Crippen molar-refractivity contribution in [3.8, 4) is 5.75 Å². The monoisotopic (exact) mass is 587 g/mol. The lowest BCUT2D eigenvalue weighted by molar-refractivity contribution is -0.117. The molecule has 13 heteroatoms. The first-order chi connectivity index (χ1) is 17.9. The first kappa shape index (κ1) is 30.7. The summed E-state index contributed by atoms with van der Waals surface area (Å²) in [7, 11) is -4.05. The number of anilines is 1. The number of carbonyl (C=O) groups is 1. The summed E-state index contributed by atoms with van der Waals surface area (Å²) in [5.74, 6) is 0.499. The molecule has 9 nitrogen and oxygen atoms in total. The summed E-state index contributed by atoms with van der Waals surface area (Å²) in [4.78, 5) is 28.0. The fourth-order valence-corrected chi connectivity index (χ4v) is 7.42. The number of carbonyl (C=O) groups excluding carboxylic acids is 1. The van der Waals surface area contributed by atoms with Gasteiger partial charge in [0.15, 0.2) is 5.12 Å². The van der Waals surface area contributed by atoms with Gasteiger partial charge in [-0.1, -0.05) is 57.7 Å². The minimum atomic E-state index is -4.05. The van der Waals surface area contributed by atoms with E-state index in [0.717, 1.165) is 0 Å². The lowest BCUT2D eigenvalue weighted by atomic mass is 10.00. The van der Waals surface area contributed by atoms with Gasteiger partial charge in [-0.25, -0.2) is 13.8 Å². The van der Waals surface area contributed by atoms with Crippen LogP contribution in [0.3, 0.4) is 0 Å². The maximum Gasteiger partial charge on any atom is 0.530 e. The normalized spacial score (nSPS) is 23.2. The summed E-state index contributed by atoms with van der Waals surface area (Å²) < 4.78 is 46.8. The molecule has 1 aliphatic heterocycles. The second kappa shape index (κ2) is 13.5. The highest BCUT2D eigenvalue weighted by molar-refractivity contribution is 8.13. The van der Waals surface area contributed by atoms with E-state index in [9.17, 15) is 14.2 Å². The molecule has 2 aromatic rings. The van der Waals surface area contributed by atoms with Crippen molar-refractivity contribution in [2.45, 2.75) is 57.3 Å². The van der Waals surface area contributed by atoms with Crippen LogP contribution in [0.1, 0.15) is 45.9 Å². The summed E-state index contributed by atoms with van der Waals surface area (Å²) in [5.41, 5.74) is 4.51. The van der Waals surface area contributed by atoms with Crippen molar-refractivity contribution >= 4 is 42.3 Å². The van der Waals surface area contributed by atoms with Crippen molar-refractivity contribution in [2.75, 3.05) is 24.7 Å². The van der Waals surface area contributed by atoms with Gasteiger partial charge in [-0.05, 0) is 31.0 Å². The lowest BCUT2D eigenvalue weighted by Gasteiger charge is -2.21. The van der Waals surface area contributed by atoms with Crippen LogP contribution in [0, 0.1) is 11.3 Å². The molecule has 210 valence electrons. The van der Waals surface area contributed by atoms with E-state index in [1.54, 1.807) is 37.3 Å². The van der Waals surface area contributed by atoms with E-state index in [-0.39, 0.29) is 24.1 Å². The Balaban J connectivity index is 1.60. The highest BCUT2D eigenvalue weighted by atomic mass is 32.2. The van der Waals surface area contributed by atoms with Crippen molar-refractivity contribution in [3.05, 3.63) is 53.1 Å². The van der Waals surface area contributed by atoms with Crippen LogP contribution in [0.5, 0.6) is 5.75 Å². The molecule has 0 bridgehead atoms. The minimum absolute atomic E-state index is 0.0631. The van der Waals surface area contributed by atoms with Crippen molar-refractivity contribution < 1.29 is 27.3 Å². The number of alkyl halides is 1. The molecular formula is C25H35FN3O6PS2. The van der Waals surface area contributed by atoms with E-state index in [0.29, 0.717) is 24.3 Å². The Bertz CT molecular complexity index is 1180. The molecule has 0 saturated carbocycles. The molecule has 5 atom stereocenters. The molecule has 38 heavy (non-hydrogen) atoms. The van der Waals surface area contributed by atoms with E-state index in [2.05, 4.69) is 4.98 Å². The second-order valence-electron chi connectivity index (χ2n) is 9.98. The molecule has 1 aliphatic rings. The van der Waals surface area contributed by atoms with E-state index >= 15 is 4.39 Å². The summed E-state index contributed by atoms with van der Waals surface area (Å²) >= 11 is 2.47. The van der Waals surface area contributed by atoms with E-state index < -0.39 is 41.6 Å². The fraction of sp³-hybridized carbons (Fsp3) is 0.560. The Hall–Kier alpha value is -1.85. The summed E-state index contributed by atoms with van der Waals surface area (Å²) in [6.07, 6.45) is 1.29. The van der Waals surface area contributed by atoms with Gasteiger partial charge >= 0.3 is 13.5 Å². The number of unbranched alkanes of at least 4 members (excludes halogenated alkanes) is 1. The van der Waals surface area contributed by atoms with E-state index in [4.69, 9.17) is 19.3 Å². The van der Waals surface area contributed by atoms with Gasteiger partial charge in [0.1, 0.15) is 23.1 Å². The molecule has 0 spiro atoms. The fourth-order valence-electron chi connectivity index (χ4n) is 3.50. The molecule has 3 rings (SSSR count). The average Bonchev–Trinajstić information content (AvgIpc) is 3.13. The maximum absolute atomic E-state index is 15.2. The van der Waals surface area contributed by atoms with E-state index in [1.807, 2.05) is 20.8 Å². The number of thioether (sulfide) groups is 2. The number of hydrogen-bond acceptors (Lipinski definition) is 10. The topological polar surface area (TPSA) is 123 Å². The van der Waals surface area contributed by atoms with Crippen LogP contribution < -0.4 is 15.9 Å². The molecule has 1 unspecified atom stereocenters. The number of hydrogen-bond donors (Lipinski definition) is 1. The Labute approximate surface area is 231 Å². The minimum Gasteiger partial charge on any atom is -0.404 e. The van der Waals surface area contributed by atoms with Crippen LogP contribution >= 0.6 is 31.3 Å². The van der Waals surface area contributed by atoms with Crippen LogP contribution in [0.25, 0.3) is 0 Å². The standard InChI is InChI=1S/C25H35FN3O6PS2/c1-17-19(38-22(21(17)26)29-13-12-20(27)28-24(29)31)16-34-36(32,35-18-10-6-5-7-11-18)33-14-8-9-15-37-23(30)25(2,3)4/h5-7,10-13,17,19,21-22H,8-9,14-16H2,1-4H3,(H2,27,28,31)/t17-,19-,21+,22-,36?/m1/s1. The van der Waals surface area contributed by atoms with Gasteiger partial charge in [-0.2, -0.15) is 4.98 Å². The summed E-state index contributed by atoms with van der Waals surface area (Å²) in [5, 5.41) is -1.12. The maximum atomic E-state index is 15.2. The molecule has 2 heterocycles. The largest absolute Gasteiger partial charge is 0.530 e. The quantitative estimate of drug-likeness (QED) is 0.244. The number of nitrogens with two attached hydrogens (primary N) is 1. The van der Waals surface area contributed by atoms with Crippen LogP contribution in [-0.4, -0.2) is 45.1 Å². The number of aromatic nitrogens is 2. The van der Waals surface area contributed by atoms with E-state index in [1.165, 1.54) is 40.4 Å². The van der Waals surface area contributed by atoms with Crippen LogP contribution in [0.4, 0.5) is 10.2 Å². The molecule has 0 radical (unpaired) electrons. The lowest BCUT2D eigenvalue weighted by Crippen LogP contribution is -2.30. The van der Waals surface area contributed by atoms with Crippen LogP contribution in [0.15, 0.2) is 47.4 Å². The Morgan fingerprint density at radius 2 is 1.92 bits per heavy atom. The zero-order valence-electron chi connectivity index (χ0n) is 21.9. The number of phosphoric ester groups is 1. The van der Waals surface area contributed by atoms with Gasteiger partial charge in [0.05, 0.1) is 13.2 Å². The summed E-state index contributed by atoms with van der Waals surface area (Å²) in [6.45, 7) is 7.33. The molecule has 1 saturated heterocycles.